The van der Waals surface area contributed by atoms with Gasteiger partial charge in [-0.05, 0) is 32.0 Å². The summed E-state index contributed by atoms with van der Waals surface area (Å²) in [4.78, 5) is 9.19. The van der Waals surface area contributed by atoms with Gasteiger partial charge in [-0.1, -0.05) is 18.3 Å². The van der Waals surface area contributed by atoms with Gasteiger partial charge < -0.3 is 4.74 Å². The maximum Gasteiger partial charge on any atom is 0.149 e. The van der Waals surface area contributed by atoms with Crippen LogP contribution in [0.2, 0.25) is 0 Å². The summed E-state index contributed by atoms with van der Waals surface area (Å²) in [7, 11) is 1.67. The Morgan fingerprint density at radius 1 is 1.32 bits per heavy atom. The SMILES string of the molecule is C=C1N=C(c2nc3ccc(OC)cc3s2)SC1(C)C. The van der Waals surface area contributed by atoms with Crippen LogP contribution in [-0.4, -0.2) is 21.9 Å². The third-order valence-electron chi connectivity index (χ3n) is 3.06. The van der Waals surface area contributed by atoms with E-state index in [-0.39, 0.29) is 4.75 Å². The first-order chi connectivity index (χ1) is 8.99. The zero-order chi connectivity index (χ0) is 13.6. The number of benzene rings is 1. The first kappa shape index (κ1) is 12.7. The highest BCUT2D eigenvalue weighted by Crippen LogP contribution is 2.42. The molecular formula is C14H14N2OS2. The molecule has 1 aliphatic rings. The summed E-state index contributed by atoms with van der Waals surface area (Å²) < 4.78 is 6.32. The second-order valence-electron chi connectivity index (χ2n) is 4.83. The molecule has 2 aromatic rings. The van der Waals surface area contributed by atoms with Crippen molar-refractivity contribution in [1.82, 2.24) is 4.98 Å². The lowest BCUT2D eigenvalue weighted by Crippen LogP contribution is -2.12. The van der Waals surface area contributed by atoms with E-state index >= 15 is 0 Å². The van der Waals surface area contributed by atoms with Gasteiger partial charge in [0.1, 0.15) is 15.8 Å². The molecule has 1 aromatic carbocycles. The minimum atomic E-state index is -0.0368. The van der Waals surface area contributed by atoms with E-state index in [9.17, 15) is 0 Å². The lowest BCUT2D eigenvalue weighted by molar-refractivity contribution is 0.415. The Hall–Kier alpha value is -1.33. The second-order valence-corrected chi connectivity index (χ2v) is 7.47. The quantitative estimate of drug-likeness (QED) is 0.835. The summed E-state index contributed by atoms with van der Waals surface area (Å²) in [5.74, 6) is 0.855. The zero-order valence-corrected chi connectivity index (χ0v) is 12.7. The first-order valence-electron chi connectivity index (χ1n) is 5.91. The smallest absolute Gasteiger partial charge is 0.149 e. The molecule has 0 unspecified atom stereocenters. The fourth-order valence-electron chi connectivity index (χ4n) is 1.80. The number of hydrogen-bond acceptors (Lipinski definition) is 5. The molecule has 0 atom stereocenters. The Morgan fingerprint density at radius 3 is 2.74 bits per heavy atom. The van der Waals surface area contributed by atoms with E-state index in [4.69, 9.17) is 4.74 Å². The van der Waals surface area contributed by atoms with Gasteiger partial charge >= 0.3 is 0 Å². The van der Waals surface area contributed by atoms with Gasteiger partial charge in [0, 0.05) is 0 Å². The molecular weight excluding hydrogens is 276 g/mol. The lowest BCUT2D eigenvalue weighted by Gasteiger charge is -2.14. The maximum absolute atomic E-state index is 5.24. The molecule has 3 rings (SSSR count). The third-order valence-corrected chi connectivity index (χ3v) is 5.44. The number of hydrogen-bond donors (Lipinski definition) is 0. The lowest BCUT2D eigenvalue weighted by atomic mass is 10.1. The largest absolute Gasteiger partial charge is 0.497 e. The summed E-state index contributed by atoms with van der Waals surface area (Å²) in [5.41, 5.74) is 1.89. The van der Waals surface area contributed by atoms with E-state index in [1.54, 1.807) is 30.2 Å². The van der Waals surface area contributed by atoms with Crippen LogP contribution >= 0.6 is 23.1 Å². The molecule has 19 heavy (non-hydrogen) atoms. The number of nitrogens with zero attached hydrogens (tertiary/aromatic N) is 2. The molecule has 0 N–H and O–H groups in total. The van der Waals surface area contributed by atoms with Crippen LogP contribution in [0.4, 0.5) is 0 Å². The summed E-state index contributed by atoms with van der Waals surface area (Å²) >= 11 is 3.36. The minimum Gasteiger partial charge on any atom is -0.497 e. The summed E-state index contributed by atoms with van der Waals surface area (Å²) in [6.45, 7) is 8.28. The van der Waals surface area contributed by atoms with Crippen LogP contribution in [0.15, 0.2) is 35.5 Å². The second kappa shape index (κ2) is 4.35. The van der Waals surface area contributed by atoms with E-state index in [0.717, 1.165) is 31.7 Å². The van der Waals surface area contributed by atoms with Crippen LogP contribution in [-0.2, 0) is 0 Å². The van der Waals surface area contributed by atoms with Gasteiger partial charge in [-0.3, -0.25) is 0 Å². The third kappa shape index (κ3) is 2.17. The Balaban J connectivity index is 2.03. The number of fused-ring (bicyclic) bond motifs is 1. The van der Waals surface area contributed by atoms with Gasteiger partial charge in [0.05, 0.1) is 27.8 Å². The molecule has 1 aromatic heterocycles. The van der Waals surface area contributed by atoms with Crippen molar-refractivity contribution in [2.45, 2.75) is 18.6 Å². The van der Waals surface area contributed by atoms with Gasteiger partial charge in [-0.25, -0.2) is 9.98 Å². The van der Waals surface area contributed by atoms with E-state index in [0.29, 0.717) is 0 Å². The molecule has 0 fully saturated rings. The molecule has 1 aliphatic heterocycles. The minimum absolute atomic E-state index is 0.0368. The fourth-order valence-corrected chi connectivity index (χ4v) is 3.86. The molecule has 0 saturated carbocycles. The Labute approximate surface area is 120 Å². The molecule has 0 bridgehead atoms. The molecule has 0 saturated heterocycles. The number of aliphatic imine (C=N–C) groups is 1. The highest BCUT2D eigenvalue weighted by molar-refractivity contribution is 8.16. The number of rotatable bonds is 2. The standard InChI is InChI=1S/C14H14N2OS2/c1-8-14(2,3)19-13(15-8)12-16-10-6-5-9(17-4)7-11(10)18-12/h5-7H,1H2,2-4H3. The molecule has 2 heterocycles. The Kier molecular flexibility index (Phi) is 2.91. The van der Waals surface area contributed by atoms with Crippen LogP contribution < -0.4 is 4.74 Å². The van der Waals surface area contributed by atoms with Gasteiger partial charge in [0.15, 0.2) is 0 Å². The molecule has 0 aliphatic carbocycles. The predicted molar refractivity (Wildman–Crippen MR) is 83.5 cm³/mol. The molecule has 98 valence electrons. The van der Waals surface area contributed by atoms with Crippen molar-refractivity contribution in [3.05, 3.63) is 35.5 Å². The van der Waals surface area contributed by atoms with Gasteiger partial charge in [0.25, 0.3) is 0 Å². The average Bonchev–Trinajstić information content (AvgIpc) is 2.90. The van der Waals surface area contributed by atoms with E-state index in [2.05, 4.69) is 30.4 Å². The summed E-state index contributed by atoms with van der Waals surface area (Å²) in [6.07, 6.45) is 0. The van der Waals surface area contributed by atoms with E-state index in [1.807, 2.05) is 18.2 Å². The molecule has 5 heteroatoms. The number of thiazole rings is 1. The van der Waals surface area contributed by atoms with Crippen molar-refractivity contribution in [2.24, 2.45) is 4.99 Å². The van der Waals surface area contributed by atoms with Crippen molar-refractivity contribution in [1.29, 1.82) is 0 Å². The van der Waals surface area contributed by atoms with Crippen LogP contribution in [0.1, 0.15) is 18.9 Å². The molecule has 0 spiro atoms. The van der Waals surface area contributed by atoms with Gasteiger partial charge in [0.2, 0.25) is 0 Å². The number of ether oxygens (including phenoxy) is 1. The average molecular weight is 290 g/mol. The van der Waals surface area contributed by atoms with Crippen molar-refractivity contribution in [3.8, 4) is 5.75 Å². The van der Waals surface area contributed by atoms with Crippen molar-refractivity contribution < 1.29 is 4.74 Å². The predicted octanol–water partition coefficient (Wildman–Crippen LogP) is 4.09. The number of thioether (sulfide) groups is 1. The van der Waals surface area contributed by atoms with E-state index in [1.165, 1.54) is 0 Å². The molecule has 3 nitrogen and oxygen atoms in total. The monoisotopic (exact) mass is 290 g/mol. The fraction of sp³-hybridized carbons (Fsp3) is 0.286. The van der Waals surface area contributed by atoms with Crippen molar-refractivity contribution in [3.63, 3.8) is 0 Å². The topological polar surface area (TPSA) is 34.5 Å². The van der Waals surface area contributed by atoms with E-state index < -0.39 is 0 Å². The zero-order valence-electron chi connectivity index (χ0n) is 11.1. The van der Waals surface area contributed by atoms with Crippen molar-refractivity contribution in [2.75, 3.05) is 7.11 Å². The van der Waals surface area contributed by atoms with Crippen molar-refractivity contribution >= 4 is 38.4 Å². The highest BCUT2D eigenvalue weighted by Gasteiger charge is 2.33. The van der Waals surface area contributed by atoms with Gasteiger partial charge in [-0.2, -0.15) is 0 Å². The Morgan fingerprint density at radius 2 is 2.11 bits per heavy atom. The summed E-state index contributed by atoms with van der Waals surface area (Å²) in [6, 6.07) is 5.92. The maximum atomic E-state index is 5.24. The highest BCUT2D eigenvalue weighted by atomic mass is 32.2. The Bertz CT molecular complexity index is 701. The number of methoxy groups -OCH3 is 1. The van der Waals surface area contributed by atoms with Crippen LogP contribution in [0, 0.1) is 0 Å². The first-order valence-corrected chi connectivity index (χ1v) is 7.55. The molecule has 0 amide bonds. The normalized spacial score (nSPS) is 17.8. The molecule has 0 radical (unpaired) electrons. The van der Waals surface area contributed by atoms with Gasteiger partial charge in [-0.15, -0.1) is 11.3 Å². The number of aromatic nitrogens is 1. The summed E-state index contributed by atoms with van der Waals surface area (Å²) in [5, 5.41) is 1.93. The van der Waals surface area contributed by atoms with Crippen LogP contribution in [0.3, 0.4) is 0 Å². The van der Waals surface area contributed by atoms with Crippen LogP contribution in [0.5, 0.6) is 5.75 Å². The van der Waals surface area contributed by atoms with Crippen LogP contribution in [0.25, 0.3) is 10.2 Å².